The number of rotatable bonds is 3. The van der Waals surface area contributed by atoms with Gasteiger partial charge in [-0.3, -0.25) is 0 Å². The van der Waals surface area contributed by atoms with Crippen molar-refractivity contribution >= 4 is 24.0 Å². The van der Waals surface area contributed by atoms with Gasteiger partial charge in [0, 0.05) is 4.88 Å². The summed E-state index contributed by atoms with van der Waals surface area (Å²) in [4.78, 5) is 1.08. The number of aliphatic hydroxyl groups is 1. The number of hydrogen-bond acceptors (Lipinski definition) is 3. The van der Waals surface area contributed by atoms with E-state index in [1.165, 1.54) is 5.56 Å². The number of aryl methyl sites for hydroxylation is 1. The molecule has 1 rings (SSSR count). The monoisotopic (exact) mass is 188 g/mol. The van der Waals surface area contributed by atoms with E-state index in [0.29, 0.717) is 0 Å². The van der Waals surface area contributed by atoms with Crippen LogP contribution in [0.15, 0.2) is 11.4 Å². The van der Waals surface area contributed by atoms with Crippen molar-refractivity contribution in [2.45, 2.75) is 19.4 Å². The Hall–Kier alpha value is 0.01000. The summed E-state index contributed by atoms with van der Waals surface area (Å²) in [6, 6.07) is 2.03. The van der Waals surface area contributed by atoms with Gasteiger partial charge in [-0.15, -0.1) is 11.3 Å². The molecule has 1 aromatic rings. The van der Waals surface area contributed by atoms with Crippen LogP contribution in [0.1, 0.15) is 23.0 Å². The van der Waals surface area contributed by atoms with Gasteiger partial charge in [0.2, 0.25) is 0 Å². The minimum atomic E-state index is -0.313. The predicted octanol–water partition coefficient (Wildman–Crippen LogP) is 2.41. The molecule has 0 saturated heterocycles. The molecule has 0 radical (unpaired) electrons. The van der Waals surface area contributed by atoms with Crippen LogP contribution in [0.4, 0.5) is 0 Å². The number of thiol groups is 1. The molecule has 1 nitrogen and oxygen atoms in total. The van der Waals surface area contributed by atoms with Crippen molar-refractivity contribution in [3.8, 4) is 0 Å². The fourth-order valence-corrected chi connectivity index (χ4v) is 2.17. The molecule has 0 saturated carbocycles. The molecule has 0 aliphatic heterocycles. The zero-order valence-electron chi connectivity index (χ0n) is 6.45. The quantitative estimate of drug-likeness (QED) is 0.698. The van der Waals surface area contributed by atoms with E-state index in [2.05, 4.69) is 12.6 Å². The third-order valence-electron chi connectivity index (χ3n) is 1.61. The van der Waals surface area contributed by atoms with Crippen LogP contribution in [-0.2, 0) is 0 Å². The van der Waals surface area contributed by atoms with Crippen molar-refractivity contribution in [2.75, 3.05) is 5.75 Å². The highest BCUT2D eigenvalue weighted by Gasteiger charge is 2.09. The summed E-state index contributed by atoms with van der Waals surface area (Å²) in [5.74, 6) is 0.735. The van der Waals surface area contributed by atoms with Gasteiger partial charge in [0.25, 0.3) is 0 Å². The number of hydrogen-bond donors (Lipinski definition) is 2. The van der Waals surface area contributed by atoms with E-state index < -0.39 is 0 Å². The van der Waals surface area contributed by atoms with Crippen LogP contribution in [0, 0.1) is 6.92 Å². The highest BCUT2D eigenvalue weighted by molar-refractivity contribution is 7.80. The molecule has 0 aliphatic carbocycles. The lowest BCUT2D eigenvalue weighted by atomic mass is 10.2. The van der Waals surface area contributed by atoms with Crippen LogP contribution in [0.3, 0.4) is 0 Å². The fourth-order valence-electron chi connectivity index (χ4n) is 0.979. The zero-order valence-corrected chi connectivity index (χ0v) is 8.16. The molecule has 11 heavy (non-hydrogen) atoms. The summed E-state index contributed by atoms with van der Waals surface area (Å²) in [5, 5.41) is 11.6. The van der Waals surface area contributed by atoms with Gasteiger partial charge in [-0.25, -0.2) is 0 Å². The zero-order chi connectivity index (χ0) is 8.27. The first kappa shape index (κ1) is 9.10. The molecular weight excluding hydrogens is 176 g/mol. The van der Waals surface area contributed by atoms with Crippen LogP contribution in [0.25, 0.3) is 0 Å². The Morgan fingerprint density at radius 2 is 2.45 bits per heavy atom. The largest absolute Gasteiger partial charge is 0.388 e. The van der Waals surface area contributed by atoms with Gasteiger partial charge >= 0.3 is 0 Å². The Labute approximate surface area is 76.5 Å². The summed E-state index contributed by atoms with van der Waals surface area (Å²) >= 11 is 5.68. The second kappa shape index (κ2) is 4.14. The van der Waals surface area contributed by atoms with E-state index in [-0.39, 0.29) is 6.10 Å². The molecule has 0 amide bonds. The van der Waals surface area contributed by atoms with E-state index in [1.807, 2.05) is 18.4 Å². The number of aliphatic hydroxyl groups excluding tert-OH is 1. The lowest BCUT2D eigenvalue weighted by molar-refractivity contribution is 0.178. The lowest BCUT2D eigenvalue weighted by Gasteiger charge is -2.06. The molecule has 0 spiro atoms. The van der Waals surface area contributed by atoms with Crippen LogP contribution < -0.4 is 0 Å². The molecule has 1 atom stereocenters. The van der Waals surface area contributed by atoms with Crippen molar-refractivity contribution in [2.24, 2.45) is 0 Å². The van der Waals surface area contributed by atoms with Crippen molar-refractivity contribution in [1.82, 2.24) is 0 Å². The van der Waals surface area contributed by atoms with Crippen molar-refractivity contribution in [3.05, 3.63) is 21.9 Å². The van der Waals surface area contributed by atoms with E-state index in [0.717, 1.165) is 17.1 Å². The second-order valence-electron chi connectivity index (χ2n) is 2.50. The minimum absolute atomic E-state index is 0.313. The molecule has 62 valence electrons. The Kier molecular flexibility index (Phi) is 3.43. The first-order chi connectivity index (χ1) is 5.25. The highest BCUT2D eigenvalue weighted by Crippen LogP contribution is 2.25. The molecule has 3 heteroatoms. The van der Waals surface area contributed by atoms with Crippen LogP contribution in [0.5, 0.6) is 0 Å². The third-order valence-corrected chi connectivity index (χ3v) is 2.99. The van der Waals surface area contributed by atoms with Crippen LogP contribution >= 0.6 is 24.0 Å². The van der Waals surface area contributed by atoms with Gasteiger partial charge in [0.05, 0.1) is 6.10 Å². The maximum atomic E-state index is 9.55. The molecule has 1 N–H and O–H groups in total. The van der Waals surface area contributed by atoms with E-state index >= 15 is 0 Å². The minimum Gasteiger partial charge on any atom is -0.388 e. The number of thiophene rings is 1. The van der Waals surface area contributed by atoms with E-state index in [9.17, 15) is 5.11 Å². The van der Waals surface area contributed by atoms with Crippen molar-refractivity contribution < 1.29 is 5.11 Å². The fraction of sp³-hybridized carbons (Fsp3) is 0.500. The average Bonchev–Trinajstić information content (AvgIpc) is 2.36. The smallest absolute Gasteiger partial charge is 0.0892 e. The summed E-state index contributed by atoms with van der Waals surface area (Å²) < 4.78 is 0. The van der Waals surface area contributed by atoms with Crippen LogP contribution in [0.2, 0.25) is 0 Å². The summed E-state index contributed by atoms with van der Waals surface area (Å²) in [6.07, 6.45) is 0.428. The molecular formula is C8H12OS2. The molecule has 1 heterocycles. The molecule has 1 unspecified atom stereocenters. The molecule has 0 aromatic carbocycles. The third kappa shape index (κ3) is 2.22. The topological polar surface area (TPSA) is 20.2 Å². The van der Waals surface area contributed by atoms with Gasteiger partial charge < -0.3 is 5.11 Å². The van der Waals surface area contributed by atoms with Gasteiger partial charge in [-0.1, -0.05) is 0 Å². The Balaban J connectivity index is 2.67. The summed E-state index contributed by atoms with van der Waals surface area (Å²) in [6.45, 7) is 2.02. The first-order valence-corrected chi connectivity index (χ1v) is 5.10. The Morgan fingerprint density at radius 3 is 2.91 bits per heavy atom. The molecule has 0 bridgehead atoms. The second-order valence-corrected chi connectivity index (χ2v) is 3.89. The Bertz CT molecular complexity index is 220. The highest BCUT2D eigenvalue weighted by atomic mass is 32.1. The Morgan fingerprint density at radius 1 is 1.73 bits per heavy atom. The molecule has 0 fully saturated rings. The maximum Gasteiger partial charge on any atom is 0.0892 e. The van der Waals surface area contributed by atoms with Gasteiger partial charge in [0.1, 0.15) is 0 Å². The van der Waals surface area contributed by atoms with Crippen LogP contribution in [-0.4, -0.2) is 10.9 Å². The van der Waals surface area contributed by atoms with E-state index in [1.54, 1.807) is 11.3 Å². The lowest BCUT2D eigenvalue weighted by Crippen LogP contribution is -1.96. The van der Waals surface area contributed by atoms with Gasteiger partial charge in [-0.2, -0.15) is 12.6 Å². The maximum absolute atomic E-state index is 9.55. The van der Waals surface area contributed by atoms with Gasteiger partial charge in [0.15, 0.2) is 0 Å². The molecule has 0 aliphatic rings. The normalized spacial score (nSPS) is 13.4. The summed E-state index contributed by atoms with van der Waals surface area (Å²) in [7, 11) is 0. The van der Waals surface area contributed by atoms with Crippen molar-refractivity contribution in [1.29, 1.82) is 0 Å². The summed E-state index contributed by atoms with van der Waals surface area (Å²) in [5.41, 5.74) is 1.18. The standard InChI is InChI=1S/C8H12OS2/c1-6-3-5-11-8(6)7(9)2-4-10/h3,5,7,9-10H,2,4H2,1H3. The SMILES string of the molecule is Cc1ccsc1C(O)CCS. The van der Waals surface area contributed by atoms with E-state index in [4.69, 9.17) is 0 Å². The average molecular weight is 188 g/mol. The first-order valence-electron chi connectivity index (χ1n) is 3.58. The molecule has 1 aromatic heterocycles. The van der Waals surface area contributed by atoms with Crippen molar-refractivity contribution in [3.63, 3.8) is 0 Å². The predicted molar refractivity (Wildman–Crippen MR) is 52.5 cm³/mol. The van der Waals surface area contributed by atoms with Gasteiger partial charge in [-0.05, 0) is 36.1 Å².